The van der Waals surface area contributed by atoms with Crippen molar-refractivity contribution in [3.8, 4) is 5.75 Å². The molecule has 1 saturated heterocycles. The molecule has 4 rings (SSSR count). The molecular formula is C23H29N5O3. The number of pyridine rings is 1. The largest absolute Gasteiger partial charge is 0.497 e. The molecule has 0 N–H and O–H groups in total. The number of anilines is 1. The first kappa shape index (κ1) is 21.0. The van der Waals surface area contributed by atoms with E-state index in [1.54, 1.807) is 12.0 Å². The standard InChI is InChI=1S/C23H29N5O3/c1-23(2,3)31-22(29)27-13-11-26(12-14-27)20-9-10-24-21-19(20)15-25-28(21)16-17-5-7-18(30-4)8-6-17/h5-10,15H,11-14,16H2,1-4H3. The lowest BCUT2D eigenvalue weighted by atomic mass is 10.2. The molecule has 8 heteroatoms. The molecule has 3 aromatic rings. The fourth-order valence-corrected chi connectivity index (χ4v) is 3.72. The number of hydrogen-bond donors (Lipinski definition) is 0. The number of ether oxygens (including phenoxy) is 2. The number of fused-ring (bicyclic) bond motifs is 1. The Labute approximate surface area is 182 Å². The molecular weight excluding hydrogens is 394 g/mol. The summed E-state index contributed by atoms with van der Waals surface area (Å²) in [7, 11) is 1.66. The summed E-state index contributed by atoms with van der Waals surface area (Å²) in [6.07, 6.45) is 3.45. The highest BCUT2D eigenvalue weighted by atomic mass is 16.6. The van der Waals surface area contributed by atoms with Gasteiger partial charge in [-0.05, 0) is 44.5 Å². The monoisotopic (exact) mass is 423 g/mol. The second-order valence-corrected chi connectivity index (χ2v) is 8.67. The average molecular weight is 424 g/mol. The number of nitrogens with zero attached hydrogens (tertiary/aromatic N) is 5. The van der Waals surface area contributed by atoms with Crippen LogP contribution in [-0.4, -0.2) is 64.6 Å². The SMILES string of the molecule is COc1ccc(Cn2ncc3c(N4CCN(C(=O)OC(C)(C)C)CC4)ccnc32)cc1. The molecule has 0 unspecified atom stereocenters. The third-order valence-corrected chi connectivity index (χ3v) is 5.28. The van der Waals surface area contributed by atoms with Crippen LogP contribution >= 0.6 is 0 Å². The summed E-state index contributed by atoms with van der Waals surface area (Å²) in [4.78, 5) is 21.0. The van der Waals surface area contributed by atoms with Crippen molar-refractivity contribution in [2.75, 3.05) is 38.2 Å². The van der Waals surface area contributed by atoms with Gasteiger partial charge in [0.2, 0.25) is 0 Å². The van der Waals surface area contributed by atoms with Gasteiger partial charge in [0.25, 0.3) is 0 Å². The lowest BCUT2D eigenvalue weighted by Crippen LogP contribution is -2.50. The Hall–Kier alpha value is -3.29. The van der Waals surface area contributed by atoms with E-state index in [0.29, 0.717) is 19.6 Å². The van der Waals surface area contributed by atoms with Crippen LogP contribution in [0.1, 0.15) is 26.3 Å². The molecule has 0 aliphatic carbocycles. The third kappa shape index (κ3) is 4.73. The average Bonchev–Trinajstić information content (AvgIpc) is 3.16. The van der Waals surface area contributed by atoms with E-state index in [9.17, 15) is 4.79 Å². The van der Waals surface area contributed by atoms with E-state index >= 15 is 0 Å². The van der Waals surface area contributed by atoms with Crippen LogP contribution in [0.3, 0.4) is 0 Å². The molecule has 0 spiro atoms. The van der Waals surface area contributed by atoms with Crippen LogP contribution in [0, 0.1) is 0 Å². The lowest BCUT2D eigenvalue weighted by Gasteiger charge is -2.36. The van der Waals surface area contributed by atoms with Crippen LogP contribution in [0.15, 0.2) is 42.7 Å². The molecule has 1 fully saturated rings. The van der Waals surface area contributed by atoms with Gasteiger partial charge in [-0.2, -0.15) is 5.10 Å². The Balaban J connectivity index is 1.47. The number of aromatic nitrogens is 3. The predicted octanol–water partition coefficient (Wildman–Crippen LogP) is 3.55. The molecule has 164 valence electrons. The highest BCUT2D eigenvalue weighted by Gasteiger charge is 2.26. The summed E-state index contributed by atoms with van der Waals surface area (Å²) >= 11 is 0. The van der Waals surface area contributed by atoms with Gasteiger partial charge in [-0.3, -0.25) is 0 Å². The summed E-state index contributed by atoms with van der Waals surface area (Å²) < 4.78 is 12.6. The van der Waals surface area contributed by atoms with Crippen molar-refractivity contribution < 1.29 is 14.3 Å². The van der Waals surface area contributed by atoms with E-state index in [2.05, 4.69) is 15.0 Å². The zero-order valence-corrected chi connectivity index (χ0v) is 18.5. The van der Waals surface area contributed by atoms with E-state index in [4.69, 9.17) is 9.47 Å². The number of piperazine rings is 1. The molecule has 8 nitrogen and oxygen atoms in total. The molecule has 0 bridgehead atoms. The minimum Gasteiger partial charge on any atom is -0.497 e. The van der Waals surface area contributed by atoms with Gasteiger partial charge < -0.3 is 19.3 Å². The fourth-order valence-electron chi connectivity index (χ4n) is 3.72. The Morgan fingerprint density at radius 3 is 2.42 bits per heavy atom. The summed E-state index contributed by atoms with van der Waals surface area (Å²) in [6, 6.07) is 9.98. The topological polar surface area (TPSA) is 72.7 Å². The molecule has 1 aliphatic heterocycles. The quantitative estimate of drug-likeness (QED) is 0.639. The molecule has 0 saturated carbocycles. The van der Waals surface area contributed by atoms with Crippen molar-refractivity contribution in [3.05, 3.63) is 48.3 Å². The van der Waals surface area contributed by atoms with Crippen molar-refractivity contribution >= 4 is 22.8 Å². The lowest BCUT2D eigenvalue weighted by molar-refractivity contribution is 0.0240. The van der Waals surface area contributed by atoms with Crippen molar-refractivity contribution in [1.82, 2.24) is 19.7 Å². The van der Waals surface area contributed by atoms with Crippen molar-refractivity contribution in [1.29, 1.82) is 0 Å². The van der Waals surface area contributed by atoms with Crippen LogP contribution in [0.25, 0.3) is 11.0 Å². The van der Waals surface area contributed by atoms with Gasteiger partial charge in [-0.1, -0.05) is 12.1 Å². The van der Waals surface area contributed by atoms with Gasteiger partial charge in [-0.15, -0.1) is 0 Å². The minimum atomic E-state index is -0.482. The Bertz CT molecular complexity index is 1050. The van der Waals surface area contributed by atoms with E-state index < -0.39 is 5.60 Å². The molecule has 0 radical (unpaired) electrons. The molecule has 1 aliphatic rings. The minimum absolute atomic E-state index is 0.251. The highest BCUT2D eigenvalue weighted by Crippen LogP contribution is 2.27. The van der Waals surface area contributed by atoms with E-state index in [-0.39, 0.29) is 6.09 Å². The Kier molecular flexibility index (Phi) is 5.71. The third-order valence-electron chi connectivity index (χ3n) is 5.28. The second kappa shape index (κ2) is 8.45. The van der Waals surface area contributed by atoms with Crippen molar-refractivity contribution in [2.24, 2.45) is 0 Å². The number of benzene rings is 1. The highest BCUT2D eigenvalue weighted by molar-refractivity contribution is 5.89. The van der Waals surface area contributed by atoms with Crippen LogP contribution in [0.2, 0.25) is 0 Å². The van der Waals surface area contributed by atoms with Crippen molar-refractivity contribution in [3.63, 3.8) is 0 Å². The predicted molar refractivity (Wildman–Crippen MR) is 120 cm³/mol. The van der Waals surface area contributed by atoms with Gasteiger partial charge in [0.15, 0.2) is 5.65 Å². The molecule has 2 aromatic heterocycles. The summed E-state index contributed by atoms with van der Waals surface area (Å²) in [5, 5.41) is 5.60. The number of carbonyl (C=O) groups excluding carboxylic acids is 1. The summed E-state index contributed by atoms with van der Waals surface area (Å²) in [5.74, 6) is 0.833. The molecule has 31 heavy (non-hydrogen) atoms. The normalized spacial score (nSPS) is 14.7. The molecule has 0 atom stereocenters. The van der Waals surface area contributed by atoms with Crippen LogP contribution in [-0.2, 0) is 11.3 Å². The maximum Gasteiger partial charge on any atom is 0.410 e. The summed E-state index contributed by atoms with van der Waals surface area (Å²) in [5.41, 5.74) is 2.59. The van der Waals surface area contributed by atoms with Gasteiger partial charge in [-0.25, -0.2) is 14.5 Å². The van der Waals surface area contributed by atoms with Crippen LogP contribution in [0.4, 0.5) is 10.5 Å². The van der Waals surface area contributed by atoms with Crippen LogP contribution < -0.4 is 9.64 Å². The smallest absolute Gasteiger partial charge is 0.410 e. The number of carbonyl (C=O) groups is 1. The second-order valence-electron chi connectivity index (χ2n) is 8.67. The van der Waals surface area contributed by atoms with E-state index in [0.717, 1.165) is 41.1 Å². The molecule has 3 heterocycles. The first-order valence-corrected chi connectivity index (χ1v) is 10.5. The maximum absolute atomic E-state index is 12.3. The molecule has 1 aromatic carbocycles. The van der Waals surface area contributed by atoms with Gasteiger partial charge in [0.1, 0.15) is 11.4 Å². The van der Waals surface area contributed by atoms with Gasteiger partial charge >= 0.3 is 6.09 Å². The van der Waals surface area contributed by atoms with Gasteiger partial charge in [0, 0.05) is 32.4 Å². The first-order chi connectivity index (χ1) is 14.8. The molecule has 1 amide bonds. The van der Waals surface area contributed by atoms with Crippen LogP contribution in [0.5, 0.6) is 5.75 Å². The van der Waals surface area contributed by atoms with Crippen molar-refractivity contribution in [2.45, 2.75) is 32.9 Å². The van der Waals surface area contributed by atoms with Gasteiger partial charge in [0.05, 0.1) is 30.9 Å². The first-order valence-electron chi connectivity index (χ1n) is 10.5. The number of methoxy groups -OCH3 is 1. The fraction of sp³-hybridized carbons (Fsp3) is 0.435. The van der Waals surface area contributed by atoms with E-state index in [1.807, 2.05) is 68.2 Å². The number of rotatable bonds is 4. The summed E-state index contributed by atoms with van der Waals surface area (Å²) in [6.45, 7) is 9.02. The number of hydrogen-bond acceptors (Lipinski definition) is 6. The Morgan fingerprint density at radius 2 is 1.77 bits per heavy atom. The van der Waals surface area contributed by atoms with E-state index in [1.165, 1.54) is 0 Å². The zero-order valence-electron chi connectivity index (χ0n) is 18.5. The zero-order chi connectivity index (χ0) is 22.0. The maximum atomic E-state index is 12.3. The Morgan fingerprint density at radius 1 is 1.06 bits per heavy atom. The number of amides is 1.